The normalized spacial score (nSPS) is 18.7. The number of rotatable bonds is 3. The Morgan fingerprint density at radius 2 is 2.33 bits per heavy atom. The minimum Gasteiger partial charge on any atom is -0.481 e. The van der Waals surface area contributed by atoms with Crippen molar-refractivity contribution in [3.8, 4) is 11.4 Å². The van der Waals surface area contributed by atoms with Crippen LogP contribution in [0.2, 0.25) is 5.02 Å². The van der Waals surface area contributed by atoms with Crippen LogP contribution in [0, 0.1) is 5.92 Å². The summed E-state index contributed by atoms with van der Waals surface area (Å²) in [7, 11) is 0. The van der Waals surface area contributed by atoms with Crippen molar-refractivity contribution in [1.29, 1.82) is 0 Å². The average molecular weight is 308 g/mol. The van der Waals surface area contributed by atoms with Crippen LogP contribution in [-0.4, -0.2) is 34.3 Å². The smallest absolute Gasteiger partial charge is 0.324 e. The number of halogens is 1. The zero-order chi connectivity index (χ0) is 14.8. The zero-order valence-electron chi connectivity index (χ0n) is 11.2. The fourth-order valence-electron chi connectivity index (χ4n) is 2.44. The molecule has 1 aromatic carbocycles. The molecule has 1 atom stereocenters. The average Bonchev–Trinajstić information content (AvgIpc) is 2.97. The van der Waals surface area contributed by atoms with E-state index >= 15 is 0 Å². The molecule has 6 nitrogen and oxygen atoms in total. The van der Waals surface area contributed by atoms with Crippen LogP contribution < -0.4 is 4.90 Å². The summed E-state index contributed by atoms with van der Waals surface area (Å²) in [5, 5.41) is 13.6. The maximum Gasteiger partial charge on any atom is 0.324 e. The molecule has 0 saturated carbocycles. The van der Waals surface area contributed by atoms with Gasteiger partial charge in [-0.3, -0.25) is 4.79 Å². The molecule has 21 heavy (non-hydrogen) atoms. The van der Waals surface area contributed by atoms with Crippen molar-refractivity contribution in [2.75, 3.05) is 18.0 Å². The summed E-state index contributed by atoms with van der Waals surface area (Å²) in [4.78, 5) is 17.2. The van der Waals surface area contributed by atoms with E-state index in [1.807, 2.05) is 17.0 Å². The van der Waals surface area contributed by atoms with Crippen LogP contribution in [0.25, 0.3) is 11.4 Å². The molecule has 1 N–H and O–H groups in total. The number of aromatic nitrogens is 2. The highest BCUT2D eigenvalue weighted by Gasteiger charge is 2.28. The van der Waals surface area contributed by atoms with Gasteiger partial charge in [0.15, 0.2) is 0 Å². The van der Waals surface area contributed by atoms with E-state index in [0.717, 1.165) is 18.5 Å². The van der Waals surface area contributed by atoms with E-state index in [-0.39, 0.29) is 5.92 Å². The van der Waals surface area contributed by atoms with E-state index in [2.05, 4.69) is 10.1 Å². The van der Waals surface area contributed by atoms with E-state index in [1.165, 1.54) is 0 Å². The van der Waals surface area contributed by atoms with Gasteiger partial charge >= 0.3 is 12.0 Å². The van der Waals surface area contributed by atoms with Gasteiger partial charge in [-0.1, -0.05) is 28.9 Å². The lowest BCUT2D eigenvalue weighted by Crippen LogP contribution is -2.38. The number of carboxylic acid groups (broad SMARTS) is 1. The zero-order valence-corrected chi connectivity index (χ0v) is 12.0. The standard InChI is InChI=1S/C14H14ClN3O3/c15-11-5-1-3-9(7-11)12-16-14(21-17-12)18-6-2-4-10(8-18)13(19)20/h1,3,5,7,10H,2,4,6,8H2,(H,19,20). The number of nitrogens with zero attached hydrogens (tertiary/aromatic N) is 3. The van der Waals surface area contributed by atoms with Crippen molar-refractivity contribution in [1.82, 2.24) is 10.1 Å². The molecule has 1 unspecified atom stereocenters. The largest absolute Gasteiger partial charge is 0.481 e. The third kappa shape index (κ3) is 3.00. The van der Waals surface area contributed by atoms with Crippen LogP contribution >= 0.6 is 11.6 Å². The number of carboxylic acids is 1. The van der Waals surface area contributed by atoms with Crippen molar-refractivity contribution in [2.45, 2.75) is 12.8 Å². The van der Waals surface area contributed by atoms with Crippen LogP contribution in [0.1, 0.15) is 12.8 Å². The predicted octanol–water partition coefficient (Wildman–Crippen LogP) is 2.69. The van der Waals surface area contributed by atoms with Gasteiger partial charge in [-0.05, 0) is 25.0 Å². The fourth-order valence-corrected chi connectivity index (χ4v) is 2.63. The lowest BCUT2D eigenvalue weighted by atomic mass is 9.99. The summed E-state index contributed by atoms with van der Waals surface area (Å²) in [6.45, 7) is 1.12. The van der Waals surface area contributed by atoms with Crippen LogP contribution in [0.4, 0.5) is 6.01 Å². The molecule has 0 radical (unpaired) electrons. The lowest BCUT2D eigenvalue weighted by molar-refractivity contribution is -0.141. The summed E-state index contributed by atoms with van der Waals surface area (Å²) in [6, 6.07) is 7.54. The number of hydrogen-bond donors (Lipinski definition) is 1. The molecule has 0 aliphatic carbocycles. The Kier molecular flexibility index (Phi) is 3.79. The number of aliphatic carboxylic acids is 1. The second-order valence-corrected chi connectivity index (χ2v) is 5.47. The summed E-state index contributed by atoms with van der Waals surface area (Å²) in [6.07, 6.45) is 1.48. The maximum absolute atomic E-state index is 11.1. The number of hydrogen-bond acceptors (Lipinski definition) is 5. The second-order valence-electron chi connectivity index (χ2n) is 5.03. The van der Waals surface area contributed by atoms with Crippen LogP contribution in [0.3, 0.4) is 0 Å². The molecule has 110 valence electrons. The summed E-state index contributed by atoms with van der Waals surface area (Å²) < 4.78 is 5.26. The van der Waals surface area contributed by atoms with E-state index in [0.29, 0.717) is 29.8 Å². The molecule has 0 bridgehead atoms. The van der Waals surface area contributed by atoms with E-state index < -0.39 is 5.97 Å². The topological polar surface area (TPSA) is 79.5 Å². The highest BCUT2D eigenvalue weighted by atomic mass is 35.5. The Morgan fingerprint density at radius 3 is 3.10 bits per heavy atom. The molecular weight excluding hydrogens is 294 g/mol. The summed E-state index contributed by atoms with van der Waals surface area (Å²) in [5.74, 6) is -0.723. The van der Waals surface area contributed by atoms with Gasteiger partial charge in [0.25, 0.3) is 0 Å². The van der Waals surface area contributed by atoms with Gasteiger partial charge < -0.3 is 14.5 Å². The van der Waals surface area contributed by atoms with E-state index in [4.69, 9.17) is 21.2 Å². The van der Waals surface area contributed by atoms with Crippen LogP contribution in [0.5, 0.6) is 0 Å². The van der Waals surface area contributed by atoms with Gasteiger partial charge in [-0.2, -0.15) is 4.98 Å². The minimum atomic E-state index is -0.783. The molecule has 2 aromatic rings. The Balaban J connectivity index is 1.80. The molecule has 0 spiro atoms. The Hall–Kier alpha value is -2.08. The molecule has 7 heteroatoms. The van der Waals surface area contributed by atoms with Crippen molar-refractivity contribution >= 4 is 23.6 Å². The first kappa shape index (κ1) is 13.9. The highest BCUT2D eigenvalue weighted by Crippen LogP contribution is 2.25. The van der Waals surface area contributed by atoms with Gasteiger partial charge in [0.2, 0.25) is 5.82 Å². The van der Waals surface area contributed by atoms with Crippen molar-refractivity contribution in [2.24, 2.45) is 5.92 Å². The third-order valence-electron chi connectivity index (χ3n) is 3.54. The number of benzene rings is 1. The van der Waals surface area contributed by atoms with Crippen LogP contribution in [0.15, 0.2) is 28.8 Å². The monoisotopic (exact) mass is 307 g/mol. The van der Waals surface area contributed by atoms with E-state index in [1.54, 1.807) is 12.1 Å². The van der Waals surface area contributed by atoms with Crippen LogP contribution in [-0.2, 0) is 4.79 Å². The molecular formula is C14H14ClN3O3. The van der Waals surface area contributed by atoms with Gasteiger partial charge in [-0.15, -0.1) is 0 Å². The number of carbonyl (C=O) groups is 1. The third-order valence-corrected chi connectivity index (χ3v) is 3.77. The Bertz CT molecular complexity index is 658. The van der Waals surface area contributed by atoms with Crippen molar-refractivity contribution in [3.63, 3.8) is 0 Å². The lowest BCUT2D eigenvalue weighted by Gasteiger charge is -2.28. The highest BCUT2D eigenvalue weighted by molar-refractivity contribution is 6.30. The van der Waals surface area contributed by atoms with Gasteiger partial charge in [0, 0.05) is 23.7 Å². The van der Waals surface area contributed by atoms with Gasteiger partial charge in [0.1, 0.15) is 0 Å². The van der Waals surface area contributed by atoms with Gasteiger partial charge in [-0.25, -0.2) is 0 Å². The predicted molar refractivity (Wildman–Crippen MR) is 77.3 cm³/mol. The first-order chi connectivity index (χ1) is 10.1. The summed E-state index contributed by atoms with van der Waals surface area (Å²) >= 11 is 5.94. The molecule has 1 aromatic heterocycles. The van der Waals surface area contributed by atoms with Crippen molar-refractivity contribution < 1.29 is 14.4 Å². The number of anilines is 1. The molecule has 1 aliphatic heterocycles. The van der Waals surface area contributed by atoms with Gasteiger partial charge in [0.05, 0.1) is 5.92 Å². The van der Waals surface area contributed by atoms with Crippen molar-refractivity contribution in [3.05, 3.63) is 29.3 Å². The first-order valence-electron chi connectivity index (χ1n) is 6.71. The SMILES string of the molecule is O=C(O)C1CCCN(c2nc(-c3cccc(Cl)c3)no2)C1. The Labute approximate surface area is 126 Å². The quantitative estimate of drug-likeness (QED) is 0.939. The molecule has 0 amide bonds. The fraction of sp³-hybridized carbons (Fsp3) is 0.357. The molecule has 1 saturated heterocycles. The first-order valence-corrected chi connectivity index (χ1v) is 7.08. The summed E-state index contributed by atoms with van der Waals surface area (Å²) in [5.41, 5.74) is 0.768. The second kappa shape index (κ2) is 5.73. The Morgan fingerprint density at radius 1 is 1.48 bits per heavy atom. The van der Waals surface area contributed by atoms with E-state index in [9.17, 15) is 4.79 Å². The molecule has 1 aliphatic rings. The molecule has 1 fully saturated rings. The molecule has 3 rings (SSSR count). The molecule has 2 heterocycles. The number of piperidine rings is 1. The maximum atomic E-state index is 11.1. The minimum absolute atomic E-state index is 0.357.